The number of nitrogens with zero attached hydrogens (tertiary/aromatic N) is 3. The number of quaternary nitrogens is 1. The molecule has 1 saturated carbocycles. The largest absolute Gasteiger partial charge is 0.331 e. The Morgan fingerprint density at radius 1 is 1.26 bits per heavy atom. The molecule has 1 aliphatic heterocycles. The van der Waals surface area contributed by atoms with Crippen molar-refractivity contribution in [2.24, 2.45) is 17.3 Å². The number of nitriles is 3. The molecule has 0 amide bonds. The van der Waals surface area contributed by atoms with Gasteiger partial charge < -0.3 is 10.3 Å². The van der Waals surface area contributed by atoms with Crippen LogP contribution in [0.1, 0.15) is 24.8 Å². The smallest absolute Gasteiger partial charge is 0.190 e. The molecule has 4 atom stereocenters. The van der Waals surface area contributed by atoms with Gasteiger partial charge in [0.15, 0.2) is 5.41 Å². The summed E-state index contributed by atoms with van der Waals surface area (Å²) in [6.07, 6.45) is 3.07. The summed E-state index contributed by atoms with van der Waals surface area (Å²) < 4.78 is 0. The molecule has 0 spiro atoms. The second-order valence-corrected chi connectivity index (χ2v) is 7.63. The van der Waals surface area contributed by atoms with E-state index < -0.39 is 17.3 Å². The lowest BCUT2D eigenvalue weighted by atomic mass is 9.54. The molecule has 0 bridgehead atoms. The predicted molar refractivity (Wildman–Crippen MR) is 102 cm³/mol. The first-order chi connectivity index (χ1) is 13.0. The number of benzene rings is 1. The summed E-state index contributed by atoms with van der Waals surface area (Å²) in [5.41, 5.74) is -0.242. The Balaban J connectivity index is 2.24. The average molecular weight is 379 g/mol. The van der Waals surface area contributed by atoms with Gasteiger partial charge in [0.2, 0.25) is 0 Å². The minimum atomic E-state index is -1.69. The molecule has 27 heavy (non-hydrogen) atoms. The highest BCUT2D eigenvalue weighted by Crippen LogP contribution is 2.53. The Hall–Kier alpha value is -2.65. The molecule has 1 heterocycles. The first-order valence-corrected chi connectivity index (χ1v) is 9.50. The van der Waals surface area contributed by atoms with Crippen molar-refractivity contribution < 1.29 is 4.90 Å². The predicted octanol–water partition coefficient (Wildman–Crippen LogP) is 2.48. The van der Waals surface area contributed by atoms with Gasteiger partial charge in [-0.1, -0.05) is 36.7 Å². The minimum absolute atomic E-state index is 0.124. The summed E-state index contributed by atoms with van der Waals surface area (Å²) in [7, 11) is 0. The van der Waals surface area contributed by atoms with Crippen LogP contribution in [0.25, 0.3) is 0 Å². The zero-order valence-corrected chi connectivity index (χ0v) is 15.9. The van der Waals surface area contributed by atoms with E-state index >= 15 is 0 Å². The Labute approximate surface area is 164 Å². The van der Waals surface area contributed by atoms with E-state index in [0.717, 1.165) is 31.6 Å². The van der Waals surface area contributed by atoms with E-state index in [4.69, 9.17) is 17.0 Å². The summed E-state index contributed by atoms with van der Waals surface area (Å²) in [5, 5.41) is 38.8. The van der Waals surface area contributed by atoms with Crippen molar-refractivity contribution in [2.45, 2.75) is 19.3 Å². The van der Waals surface area contributed by atoms with Gasteiger partial charge in [-0.15, -0.1) is 0 Å². The number of halogens is 1. The molecular weight excluding hydrogens is 358 g/mol. The number of hydrogen-bond donors (Lipinski definition) is 2. The number of fused-ring (bicyclic) bond motifs is 1. The van der Waals surface area contributed by atoms with Crippen LogP contribution in [0.15, 0.2) is 35.9 Å². The van der Waals surface area contributed by atoms with E-state index in [9.17, 15) is 15.8 Å². The highest BCUT2D eigenvalue weighted by atomic mass is 35.5. The van der Waals surface area contributed by atoms with Gasteiger partial charge in [-0.2, -0.15) is 15.8 Å². The molecular formula is C21H21ClN5+. The second-order valence-electron chi connectivity index (χ2n) is 7.23. The fourth-order valence-corrected chi connectivity index (χ4v) is 4.84. The highest BCUT2D eigenvalue weighted by molar-refractivity contribution is 6.31. The van der Waals surface area contributed by atoms with Crippen LogP contribution in [-0.4, -0.2) is 25.3 Å². The van der Waals surface area contributed by atoms with Crippen LogP contribution in [0.5, 0.6) is 0 Å². The molecule has 2 N–H and O–H groups in total. The molecule has 1 aromatic carbocycles. The fraction of sp³-hybridized carbons (Fsp3) is 0.429. The van der Waals surface area contributed by atoms with E-state index in [2.05, 4.69) is 25.1 Å². The van der Waals surface area contributed by atoms with Crippen molar-refractivity contribution in [3.8, 4) is 18.2 Å². The first kappa shape index (κ1) is 19.1. The summed E-state index contributed by atoms with van der Waals surface area (Å²) in [6, 6.07) is 13.6. The maximum absolute atomic E-state index is 10.0. The van der Waals surface area contributed by atoms with Gasteiger partial charge in [0.25, 0.3) is 0 Å². The maximum Gasteiger partial charge on any atom is 0.190 e. The lowest BCUT2D eigenvalue weighted by Crippen LogP contribution is -3.13. The van der Waals surface area contributed by atoms with E-state index in [1.165, 1.54) is 4.90 Å². The Kier molecular flexibility index (Phi) is 5.33. The molecule has 2 aliphatic rings. The van der Waals surface area contributed by atoms with Gasteiger partial charge in [-0.05, 0) is 29.7 Å². The molecule has 5 nitrogen and oxygen atoms in total. The van der Waals surface area contributed by atoms with E-state index in [-0.39, 0.29) is 11.6 Å². The van der Waals surface area contributed by atoms with E-state index in [0.29, 0.717) is 10.6 Å². The zero-order valence-electron chi connectivity index (χ0n) is 15.2. The highest BCUT2D eigenvalue weighted by Gasteiger charge is 2.58. The fourth-order valence-electron chi connectivity index (χ4n) is 4.59. The molecule has 6 heteroatoms. The molecule has 1 aromatic rings. The Bertz CT molecular complexity index is 900. The number of hydrogen-bond acceptors (Lipinski definition) is 4. The van der Waals surface area contributed by atoms with Crippen LogP contribution < -0.4 is 4.90 Å². The van der Waals surface area contributed by atoms with Crippen molar-refractivity contribution >= 4 is 17.3 Å². The minimum Gasteiger partial charge on any atom is -0.331 e. The average Bonchev–Trinajstić information content (AvgIpc) is 2.68. The maximum atomic E-state index is 10.0. The van der Waals surface area contributed by atoms with Crippen LogP contribution in [0.4, 0.5) is 0 Å². The van der Waals surface area contributed by atoms with Crippen LogP contribution >= 0.6 is 11.6 Å². The molecule has 0 saturated heterocycles. The topological polar surface area (TPSA) is 99.7 Å². The van der Waals surface area contributed by atoms with Gasteiger partial charge in [0.1, 0.15) is 5.92 Å². The standard InChI is InChI=1S/C21H20ClN5/c1-2-8-27-9-7-14-16(10-23)20(26)21(12-24,13-25)19(17(14)11-27)15-5-3-4-6-18(15)22/h3-7,16-17,19,26H,2,8-9,11H2,1H3/p+1/t16?,17-,19-/m0/s1. The van der Waals surface area contributed by atoms with Crippen molar-refractivity contribution in [2.75, 3.05) is 19.6 Å². The third kappa shape index (κ3) is 2.92. The van der Waals surface area contributed by atoms with Crippen LogP contribution in [0, 0.1) is 56.7 Å². The van der Waals surface area contributed by atoms with E-state index in [1.54, 1.807) is 6.07 Å². The number of nitrogens with one attached hydrogen (secondary N) is 2. The third-order valence-electron chi connectivity index (χ3n) is 5.80. The van der Waals surface area contributed by atoms with Gasteiger partial charge in [0, 0.05) is 16.9 Å². The summed E-state index contributed by atoms with van der Waals surface area (Å²) in [4.78, 5) is 1.36. The monoisotopic (exact) mass is 378 g/mol. The summed E-state index contributed by atoms with van der Waals surface area (Å²) in [6.45, 7) is 4.64. The lowest BCUT2D eigenvalue weighted by Gasteiger charge is -2.46. The van der Waals surface area contributed by atoms with Crippen molar-refractivity contribution in [1.29, 1.82) is 21.2 Å². The summed E-state index contributed by atoms with van der Waals surface area (Å²) in [5.74, 6) is -1.55. The lowest BCUT2D eigenvalue weighted by molar-refractivity contribution is -0.899. The molecule has 1 aliphatic carbocycles. The van der Waals surface area contributed by atoms with Crippen molar-refractivity contribution in [3.05, 3.63) is 46.5 Å². The van der Waals surface area contributed by atoms with Gasteiger partial charge >= 0.3 is 0 Å². The molecule has 136 valence electrons. The van der Waals surface area contributed by atoms with Crippen LogP contribution in [0.3, 0.4) is 0 Å². The van der Waals surface area contributed by atoms with Gasteiger partial charge in [-0.3, -0.25) is 0 Å². The van der Waals surface area contributed by atoms with Gasteiger partial charge in [-0.25, -0.2) is 0 Å². The zero-order chi connectivity index (χ0) is 19.6. The molecule has 0 aromatic heterocycles. The number of rotatable bonds is 3. The van der Waals surface area contributed by atoms with Crippen LogP contribution in [0.2, 0.25) is 5.02 Å². The first-order valence-electron chi connectivity index (χ1n) is 9.13. The molecule has 1 fully saturated rings. The molecule has 0 radical (unpaired) electrons. The van der Waals surface area contributed by atoms with Crippen molar-refractivity contribution in [1.82, 2.24) is 0 Å². The quantitative estimate of drug-likeness (QED) is 0.790. The Morgan fingerprint density at radius 3 is 2.56 bits per heavy atom. The normalized spacial score (nSPS) is 28.9. The summed E-state index contributed by atoms with van der Waals surface area (Å²) >= 11 is 6.46. The molecule has 2 unspecified atom stereocenters. The molecule has 3 rings (SSSR count). The van der Waals surface area contributed by atoms with Crippen LogP contribution in [-0.2, 0) is 0 Å². The van der Waals surface area contributed by atoms with E-state index in [1.807, 2.05) is 24.3 Å². The van der Waals surface area contributed by atoms with Crippen molar-refractivity contribution in [3.63, 3.8) is 0 Å². The third-order valence-corrected chi connectivity index (χ3v) is 6.15. The second kappa shape index (κ2) is 7.53. The Morgan fingerprint density at radius 2 is 1.96 bits per heavy atom. The SMILES string of the molecule is CCC[NH+]1CC=C2C(C#N)C(=N)C(C#N)(C#N)[C@@H](c3ccccc3Cl)[C@H]2C1. The van der Waals surface area contributed by atoms with Gasteiger partial charge in [0.05, 0.1) is 43.6 Å².